The van der Waals surface area contributed by atoms with Crippen molar-refractivity contribution in [3.05, 3.63) is 100 Å². The van der Waals surface area contributed by atoms with Gasteiger partial charge < -0.3 is 10.1 Å². The predicted molar refractivity (Wildman–Crippen MR) is 120 cm³/mol. The molecule has 0 radical (unpaired) electrons. The fourth-order valence-corrected chi connectivity index (χ4v) is 3.41. The van der Waals surface area contributed by atoms with Crippen molar-refractivity contribution in [2.45, 2.75) is 6.92 Å². The van der Waals surface area contributed by atoms with E-state index in [1.54, 1.807) is 86.1 Å². The maximum atomic E-state index is 13.1. The summed E-state index contributed by atoms with van der Waals surface area (Å²) >= 11 is 0. The summed E-state index contributed by atoms with van der Waals surface area (Å²) < 4.78 is 6.71. The smallest absolute Gasteiger partial charge is 0.262 e. The molecule has 0 saturated carbocycles. The first-order chi connectivity index (χ1) is 15.0. The lowest BCUT2D eigenvalue weighted by Crippen LogP contribution is -2.22. The van der Waals surface area contributed by atoms with Gasteiger partial charge in [-0.25, -0.2) is 0 Å². The molecule has 0 unspecified atom stereocenters. The fourth-order valence-electron chi connectivity index (χ4n) is 3.41. The minimum atomic E-state index is -0.358. The zero-order valence-electron chi connectivity index (χ0n) is 17.1. The first-order valence-electron chi connectivity index (χ1n) is 9.69. The number of benzene rings is 3. The number of hydrogen-bond donors (Lipinski definition) is 1. The third-order valence-corrected chi connectivity index (χ3v) is 5.05. The van der Waals surface area contributed by atoms with Gasteiger partial charge in [-0.1, -0.05) is 24.3 Å². The number of pyridine rings is 1. The van der Waals surface area contributed by atoms with Crippen molar-refractivity contribution >= 4 is 28.2 Å². The predicted octanol–water partition coefficient (Wildman–Crippen LogP) is 4.45. The number of carbonyl (C=O) groups is 2. The van der Waals surface area contributed by atoms with Crippen molar-refractivity contribution in [1.82, 2.24) is 4.57 Å². The molecule has 0 aliphatic rings. The number of hydrogen-bond acceptors (Lipinski definition) is 4. The van der Waals surface area contributed by atoms with Gasteiger partial charge >= 0.3 is 0 Å². The van der Waals surface area contributed by atoms with Crippen LogP contribution in [0.1, 0.15) is 27.6 Å². The molecule has 1 N–H and O–H groups in total. The highest BCUT2D eigenvalue weighted by Gasteiger charge is 2.16. The van der Waals surface area contributed by atoms with Crippen molar-refractivity contribution in [2.24, 2.45) is 0 Å². The highest BCUT2D eigenvalue weighted by atomic mass is 16.5. The van der Waals surface area contributed by atoms with Crippen LogP contribution in [-0.4, -0.2) is 23.4 Å². The number of nitrogens with one attached hydrogen (secondary N) is 1. The van der Waals surface area contributed by atoms with Gasteiger partial charge in [-0.15, -0.1) is 0 Å². The Kier molecular flexibility index (Phi) is 5.37. The SMILES string of the molecule is COc1cccc(-n2cc(C(=O)Nc3ccc(C(C)=O)cc3)c3ccccc3c2=O)c1. The summed E-state index contributed by atoms with van der Waals surface area (Å²) in [6.07, 6.45) is 1.54. The number of ether oxygens (including phenoxy) is 1. The number of carbonyl (C=O) groups excluding carboxylic acids is 2. The molecule has 0 saturated heterocycles. The lowest BCUT2D eigenvalue weighted by Gasteiger charge is -2.13. The number of ketones is 1. The van der Waals surface area contributed by atoms with Crippen LogP contribution in [0.25, 0.3) is 16.5 Å². The molecular weight excluding hydrogens is 392 g/mol. The van der Waals surface area contributed by atoms with Gasteiger partial charge in [0.15, 0.2) is 5.78 Å². The van der Waals surface area contributed by atoms with Gasteiger partial charge in [-0.05, 0) is 49.4 Å². The summed E-state index contributed by atoms with van der Waals surface area (Å²) in [6, 6.07) is 20.8. The number of amides is 1. The highest BCUT2D eigenvalue weighted by Crippen LogP contribution is 2.21. The molecule has 6 heteroatoms. The molecule has 0 spiro atoms. The molecule has 0 fully saturated rings. The molecule has 4 rings (SSSR count). The summed E-state index contributed by atoms with van der Waals surface area (Å²) in [5.74, 6) is 0.201. The molecule has 0 aliphatic heterocycles. The van der Waals surface area contributed by atoms with Crippen LogP contribution in [0.15, 0.2) is 83.8 Å². The van der Waals surface area contributed by atoms with E-state index in [0.29, 0.717) is 39.0 Å². The third kappa shape index (κ3) is 3.96. The van der Waals surface area contributed by atoms with Crippen LogP contribution in [0.2, 0.25) is 0 Å². The fraction of sp³-hybridized carbons (Fsp3) is 0.0800. The maximum Gasteiger partial charge on any atom is 0.262 e. The van der Waals surface area contributed by atoms with Crippen molar-refractivity contribution < 1.29 is 14.3 Å². The number of aromatic nitrogens is 1. The quantitative estimate of drug-likeness (QED) is 0.491. The molecule has 0 aliphatic carbocycles. The standard InChI is InChI=1S/C25H20N2O4/c1-16(28)17-10-12-18(13-11-17)26-24(29)23-15-27(19-6-5-7-20(14-19)31-2)25(30)22-9-4-3-8-21(22)23/h3-15H,1-2H3,(H,26,29). The van der Waals surface area contributed by atoms with Gasteiger partial charge in [-0.2, -0.15) is 0 Å². The molecular formula is C25H20N2O4. The monoisotopic (exact) mass is 412 g/mol. The molecule has 1 amide bonds. The minimum Gasteiger partial charge on any atom is -0.497 e. The summed E-state index contributed by atoms with van der Waals surface area (Å²) in [7, 11) is 1.55. The van der Waals surface area contributed by atoms with Gasteiger partial charge in [0.1, 0.15) is 5.75 Å². The van der Waals surface area contributed by atoms with E-state index in [9.17, 15) is 14.4 Å². The molecule has 3 aromatic carbocycles. The molecule has 1 aromatic heterocycles. The van der Waals surface area contributed by atoms with E-state index in [-0.39, 0.29) is 17.2 Å². The Morgan fingerprint density at radius 2 is 1.61 bits per heavy atom. The Morgan fingerprint density at radius 1 is 0.903 bits per heavy atom. The molecule has 31 heavy (non-hydrogen) atoms. The summed E-state index contributed by atoms with van der Waals surface area (Å²) in [5.41, 5.74) is 1.84. The first kappa shape index (κ1) is 20.1. The highest BCUT2D eigenvalue weighted by molar-refractivity contribution is 6.12. The normalized spacial score (nSPS) is 10.6. The Morgan fingerprint density at radius 3 is 2.29 bits per heavy atom. The lowest BCUT2D eigenvalue weighted by molar-refractivity contribution is 0.101. The summed E-state index contributed by atoms with van der Waals surface area (Å²) in [4.78, 5) is 37.7. The van der Waals surface area contributed by atoms with Crippen LogP contribution in [0.4, 0.5) is 5.69 Å². The number of methoxy groups -OCH3 is 1. The molecule has 4 aromatic rings. The van der Waals surface area contributed by atoms with E-state index >= 15 is 0 Å². The Hall–Kier alpha value is -4.19. The van der Waals surface area contributed by atoms with Gasteiger partial charge in [-0.3, -0.25) is 19.0 Å². The molecule has 0 atom stereocenters. The van der Waals surface area contributed by atoms with Crippen LogP contribution in [-0.2, 0) is 0 Å². The molecule has 1 heterocycles. The topological polar surface area (TPSA) is 77.4 Å². The van der Waals surface area contributed by atoms with Gasteiger partial charge in [0.2, 0.25) is 0 Å². The average Bonchev–Trinajstić information content (AvgIpc) is 2.80. The van der Waals surface area contributed by atoms with E-state index in [2.05, 4.69) is 5.32 Å². The Labute approximate surface area is 178 Å². The van der Waals surface area contributed by atoms with Gasteiger partial charge in [0, 0.05) is 34.3 Å². The molecule has 0 bridgehead atoms. The second-order valence-electron chi connectivity index (χ2n) is 7.05. The summed E-state index contributed by atoms with van der Waals surface area (Å²) in [6.45, 7) is 1.49. The zero-order valence-corrected chi connectivity index (χ0v) is 17.1. The minimum absolute atomic E-state index is 0.0470. The zero-order chi connectivity index (χ0) is 22.0. The van der Waals surface area contributed by atoms with E-state index < -0.39 is 0 Å². The summed E-state index contributed by atoms with van der Waals surface area (Å²) in [5, 5.41) is 3.84. The van der Waals surface area contributed by atoms with Gasteiger partial charge in [0.25, 0.3) is 11.5 Å². The van der Waals surface area contributed by atoms with Crippen molar-refractivity contribution in [1.29, 1.82) is 0 Å². The van der Waals surface area contributed by atoms with Gasteiger partial charge in [0.05, 0.1) is 18.4 Å². The first-order valence-corrected chi connectivity index (χ1v) is 9.69. The van der Waals surface area contributed by atoms with E-state index in [1.165, 1.54) is 11.5 Å². The Bertz CT molecular complexity index is 1350. The third-order valence-electron chi connectivity index (χ3n) is 5.05. The number of anilines is 1. The van der Waals surface area contributed by atoms with Crippen LogP contribution in [0, 0.1) is 0 Å². The number of rotatable bonds is 5. The number of nitrogens with zero attached hydrogens (tertiary/aromatic N) is 1. The molecule has 6 nitrogen and oxygen atoms in total. The van der Waals surface area contributed by atoms with Crippen molar-refractivity contribution in [2.75, 3.05) is 12.4 Å². The van der Waals surface area contributed by atoms with Crippen LogP contribution < -0.4 is 15.6 Å². The van der Waals surface area contributed by atoms with Crippen LogP contribution in [0.5, 0.6) is 5.75 Å². The average molecular weight is 412 g/mol. The van der Waals surface area contributed by atoms with Crippen LogP contribution in [0.3, 0.4) is 0 Å². The van der Waals surface area contributed by atoms with E-state index in [0.717, 1.165) is 0 Å². The Balaban J connectivity index is 1.81. The number of Topliss-reactive ketones (excluding diaryl/α,β-unsaturated/α-hetero) is 1. The largest absolute Gasteiger partial charge is 0.497 e. The van der Waals surface area contributed by atoms with Crippen molar-refractivity contribution in [3.8, 4) is 11.4 Å². The van der Waals surface area contributed by atoms with E-state index in [1.807, 2.05) is 0 Å². The van der Waals surface area contributed by atoms with Crippen molar-refractivity contribution in [3.63, 3.8) is 0 Å². The molecule has 154 valence electrons. The number of fused-ring (bicyclic) bond motifs is 1. The lowest BCUT2D eigenvalue weighted by atomic mass is 10.1. The maximum absolute atomic E-state index is 13.1. The van der Waals surface area contributed by atoms with E-state index in [4.69, 9.17) is 4.74 Å². The van der Waals surface area contributed by atoms with Crippen LogP contribution >= 0.6 is 0 Å². The second kappa shape index (κ2) is 8.28. The second-order valence-corrected chi connectivity index (χ2v) is 7.05.